The molecule has 0 saturated heterocycles. The smallest absolute Gasteiger partial charge is 0.244 e. The van der Waals surface area contributed by atoms with Crippen LogP contribution < -0.4 is 9.62 Å². The Bertz CT molecular complexity index is 1110. The van der Waals surface area contributed by atoms with Crippen LogP contribution in [0, 0.1) is 11.7 Å². The standard InChI is InChI=1S/C24H31ClFN3O4S/c1-5-22(24(31)27-14-17(2)3)28(15-18-9-6-7-12-21(18)25)23(30)16-29(34(4,32)33)20-11-8-10-19(26)13-20/h6-13,17,22H,5,14-16H2,1-4H3,(H,27,31)/t22-/m1/s1. The fourth-order valence-electron chi connectivity index (χ4n) is 3.40. The predicted molar refractivity (Wildman–Crippen MR) is 133 cm³/mol. The van der Waals surface area contributed by atoms with Gasteiger partial charge in [-0.25, -0.2) is 12.8 Å². The maximum absolute atomic E-state index is 13.8. The molecule has 2 amide bonds. The van der Waals surface area contributed by atoms with E-state index < -0.39 is 34.3 Å². The van der Waals surface area contributed by atoms with Gasteiger partial charge >= 0.3 is 0 Å². The van der Waals surface area contributed by atoms with Gasteiger partial charge in [-0.15, -0.1) is 0 Å². The molecule has 34 heavy (non-hydrogen) atoms. The number of nitrogens with one attached hydrogen (secondary N) is 1. The first-order chi connectivity index (χ1) is 15.9. The first-order valence-electron chi connectivity index (χ1n) is 11.0. The predicted octanol–water partition coefficient (Wildman–Crippen LogP) is 3.82. The molecule has 0 aliphatic heterocycles. The second-order valence-electron chi connectivity index (χ2n) is 8.43. The van der Waals surface area contributed by atoms with E-state index in [0.29, 0.717) is 23.6 Å². The molecule has 0 spiro atoms. The molecule has 2 rings (SSSR count). The Morgan fingerprint density at radius 2 is 1.79 bits per heavy atom. The van der Waals surface area contributed by atoms with Crippen LogP contribution in [0.15, 0.2) is 48.5 Å². The quantitative estimate of drug-likeness (QED) is 0.497. The van der Waals surface area contributed by atoms with Gasteiger partial charge in [0.25, 0.3) is 0 Å². The van der Waals surface area contributed by atoms with Crippen LogP contribution in [0.25, 0.3) is 0 Å². The van der Waals surface area contributed by atoms with Gasteiger partial charge < -0.3 is 10.2 Å². The van der Waals surface area contributed by atoms with Crippen LogP contribution in [0.3, 0.4) is 0 Å². The highest BCUT2D eigenvalue weighted by Crippen LogP contribution is 2.22. The van der Waals surface area contributed by atoms with Gasteiger partial charge in [-0.1, -0.05) is 56.6 Å². The van der Waals surface area contributed by atoms with E-state index in [0.717, 1.165) is 16.6 Å². The summed E-state index contributed by atoms with van der Waals surface area (Å²) in [6, 6.07) is 11.1. The van der Waals surface area contributed by atoms with Crippen LogP contribution in [-0.4, -0.2) is 50.5 Å². The van der Waals surface area contributed by atoms with Crippen molar-refractivity contribution in [2.24, 2.45) is 5.92 Å². The summed E-state index contributed by atoms with van der Waals surface area (Å²) < 4.78 is 39.6. The molecule has 0 bridgehead atoms. The van der Waals surface area contributed by atoms with Crippen LogP contribution in [-0.2, 0) is 26.2 Å². The molecule has 0 aliphatic rings. The second kappa shape index (κ2) is 12.2. The van der Waals surface area contributed by atoms with E-state index in [1.807, 2.05) is 13.8 Å². The number of benzene rings is 2. The van der Waals surface area contributed by atoms with E-state index in [1.54, 1.807) is 31.2 Å². The van der Waals surface area contributed by atoms with E-state index >= 15 is 0 Å². The number of carbonyl (C=O) groups is 2. The number of halogens is 2. The van der Waals surface area contributed by atoms with Crippen molar-refractivity contribution < 1.29 is 22.4 Å². The number of rotatable bonds is 11. The monoisotopic (exact) mass is 511 g/mol. The zero-order valence-electron chi connectivity index (χ0n) is 19.8. The van der Waals surface area contributed by atoms with Gasteiger partial charge in [-0.3, -0.25) is 13.9 Å². The third-order valence-corrected chi connectivity index (χ3v) is 6.65. The zero-order valence-corrected chi connectivity index (χ0v) is 21.4. The van der Waals surface area contributed by atoms with Gasteiger partial charge in [-0.05, 0) is 42.2 Å². The fraction of sp³-hybridized carbons (Fsp3) is 0.417. The SMILES string of the molecule is CC[C@H](C(=O)NCC(C)C)N(Cc1ccccc1Cl)C(=O)CN(c1cccc(F)c1)S(C)(=O)=O. The third-order valence-electron chi connectivity index (χ3n) is 5.14. The summed E-state index contributed by atoms with van der Waals surface area (Å²) in [5, 5.41) is 3.26. The van der Waals surface area contributed by atoms with Crippen molar-refractivity contribution in [3.8, 4) is 0 Å². The lowest BCUT2D eigenvalue weighted by molar-refractivity contribution is -0.140. The number of hydrogen-bond acceptors (Lipinski definition) is 4. The Kier molecular flexibility index (Phi) is 9.88. The summed E-state index contributed by atoms with van der Waals surface area (Å²) in [5.74, 6) is -1.37. The lowest BCUT2D eigenvalue weighted by Gasteiger charge is -2.33. The average Bonchev–Trinajstić information content (AvgIpc) is 2.76. The van der Waals surface area contributed by atoms with E-state index in [1.165, 1.54) is 23.1 Å². The van der Waals surface area contributed by atoms with Crippen LogP contribution in [0.2, 0.25) is 5.02 Å². The molecular weight excluding hydrogens is 481 g/mol. The van der Waals surface area contributed by atoms with Crippen molar-refractivity contribution in [1.82, 2.24) is 10.2 Å². The van der Waals surface area contributed by atoms with Crippen molar-refractivity contribution >= 4 is 39.1 Å². The number of nitrogens with zero attached hydrogens (tertiary/aromatic N) is 2. The number of hydrogen-bond donors (Lipinski definition) is 1. The Labute approximate surface area is 205 Å². The van der Waals surface area contributed by atoms with Crippen LogP contribution in [0.4, 0.5) is 10.1 Å². The highest BCUT2D eigenvalue weighted by molar-refractivity contribution is 7.92. The minimum Gasteiger partial charge on any atom is -0.354 e. The molecule has 2 aromatic rings. The van der Waals surface area contributed by atoms with E-state index in [4.69, 9.17) is 11.6 Å². The van der Waals surface area contributed by atoms with Crippen molar-refractivity contribution in [1.29, 1.82) is 0 Å². The number of amides is 2. The topological polar surface area (TPSA) is 86.8 Å². The minimum absolute atomic E-state index is 0.00681. The molecule has 7 nitrogen and oxygen atoms in total. The normalized spacial score (nSPS) is 12.3. The molecule has 0 aromatic heterocycles. The first kappa shape index (κ1) is 27.6. The van der Waals surface area contributed by atoms with E-state index in [9.17, 15) is 22.4 Å². The Morgan fingerprint density at radius 1 is 1.12 bits per heavy atom. The second-order valence-corrected chi connectivity index (χ2v) is 10.7. The summed E-state index contributed by atoms with van der Waals surface area (Å²) in [4.78, 5) is 27.8. The summed E-state index contributed by atoms with van der Waals surface area (Å²) in [6.07, 6.45) is 1.25. The first-order valence-corrected chi connectivity index (χ1v) is 13.2. The summed E-state index contributed by atoms with van der Waals surface area (Å²) in [7, 11) is -3.93. The number of carbonyl (C=O) groups excluding carboxylic acids is 2. The Hall–Kier alpha value is -2.65. The molecular formula is C24H31ClFN3O4S. The van der Waals surface area contributed by atoms with Crippen LogP contribution >= 0.6 is 11.6 Å². The fourth-order valence-corrected chi connectivity index (χ4v) is 4.43. The molecule has 0 radical (unpaired) electrons. The third kappa shape index (κ3) is 7.70. The number of sulfonamides is 1. The van der Waals surface area contributed by atoms with Gasteiger partial charge in [0, 0.05) is 18.1 Å². The van der Waals surface area contributed by atoms with Gasteiger partial charge in [0.1, 0.15) is 18.4 Å². The maximum atomic E-state index is 13.8. The largest absolute Gasteiger partial charge is 0.354 e. The van der Waals surface area contributed by atoms with Crippen LogP contribution in [0.5, 0.6) is 0 Å². The molecule has 0 heterocycles. The van der Waals surface area contributed by atoms with Crippen molar-refractivity contribution in [2.75, 3.05) is 23.7 Å². The van der Waals surface area contributed by atoms with Crippen LogP contribution in [0.1, 0.15) is 32.8 Å². The molecule has 10 heteroatoms. The lowest BCUT2D eigenvalue weighted by Crippen LogP contribution is -2.52. The summed E-state index contributed by atoms with van der Waals surface area (Å²) in [6.45, 7) is 5.52. The molecule has 0 unspecified atom stereocenters. The van der Waals surface area contributed by atoms with Gasteiger partial charge in [0.2, 0.25) is 21.8 Å². The molecule has 1 atom stereocenters. The maximum Gasteiger partial charge on any atom is 0.244 e. The van der Waals surface area contributed by atoms with Crippen molar-refractivity contribution in [3.63, 3.8) is 0 Å². The summed E-state index contributed by atoms with van der Waals surface area (Å²) >= 11 is 6.31. The van der Waals surface area contributed by atoms with E-state index in [-0.39, 0.29) is 24.1 Å². The van der Waals surface area contributed by atoms with Gasteiger partial charge in [0.15, 0.2) is 0 Å². The lowest BCUT2D eigenvalue weighted by atomic mass is 10.1. The highest BCUT2D eigenvalue weighted by atomic mass is 35.5. The highest BCUT2D eigenvalue weighted by Gasteiger charge is 2.32. The Morgan fingerprint density at radius 3 is 2.35 bits per heavy atom. The molecule has 0 saturated carbocycles. The minimum atomic E-state index is -3.93. The average molecular weight is 512 g/mol. The van der Waals surface area contributed by atoms with Crippen molar-refractivity contribution in [3.05, 3.63) is 64.9 Å². The van der Waals surface area contributed by atoms with Gasteiger partial charge in [0.05, 0.1) is 11.9 Å². The molecule has 186 valence electrons. The zero-order chi connectivity index (χ0) is 25.5. The number of anilines is 1. The molecule has 2 aromatic carbocycles. The van der Waals surface area contributed by atoms with Crippen molar-refractivity contribution in [2.45, 2.75) is 39.8 Å². The Balaban J connectivity index is 2.43. The summed E-state index contributed by atoms with van der Waals surface area (Å²) in [5.41, 5.74) is 0.634. The molecule has 0 fully saturated rings. The van der Waals surface area contributed by atoms with E-state index in [2.05, 4.69) is 5.32 Å². The molecule has 0 aliphatic carbocycles. The van der Waals surface area contributed by atoms with Gasteiger partial charge in [-0.2, -0.15) is 0 Å². The molecule has 1 N–H and O–H groups in total.